The van der Waals surface area contributed by atoms with Crippen LogP contribution in [0, 0.1) is 11.3 Å². The van der Waals surface area contributed by atoms with E-state index in [0.29, 0.717) is 34.3 Å². The minimum Gasteiger partial charge on any atom is -0.475 e. The van der Waals surface area contributed by atoms with Crippen molar-refractivity contribution >= 4 is 23.2 Å². The van der Waals surface area contributed by atoms with Gasteiger partial charge in [-0.2, -0.15) is 5.26 Å². The van der Waals surface area contributed by atoms with Crippen molar-refractivity contribution in [2.45, 2.75) is 18.9 Å². The largest absolute Gasteiger partial charge is 0.475 e. The van der Waals surface area contributed by atoms with Crippen LogP contribution >= 0.6 is 11.6 Å². The van der Waals surface area contributed by atoms with Gasteiger partial charge in [0.1, 0.15) is 12.7 Å². The number of hydrogen-bond donors (Lipinski definition) is 1. The van der Waals surface area contributed by atoms with E-state index in [1.54, 1.807) is 24.3 Å². The van der Waals surface area contributed by atoms with E-state index in [0.717, 1.165) is 19.4 Å². The van der Waals surface area contributed by atoms with Gasteiger partial charge in [-0.05, 0) is 37.1 Å². The summed E-state index contributed by atoms with van der Waals surface area (Å²) in [7, 11) is 0. The number of anilines is 1. The molecule has 1 aliphatic rings. The molecule has 0 bridgehead atoms. The summed E-state index contributed by atoms with van der Waals surface area (Å²) in [5, 5.41) is 12.2. The van der Waals surface area contributed by atoms with Gasteiger partial charge in [-0.1, -0.05) is 11.6 Å². The Bertz CT molecular complexity index is 796. The van der Waals surface area contributed by atoms with Gasteiger partial charge in [0.05, 0.1) is 22.9 Å². The molecule has 1 aromatic heterocycles. The van der Waals surface area contributed by atoms with Crippen LogP contribution in [0.25, 0.3) is 0 Å². The summed E-state index contributed by atoms with van der Waals surface area (Å²) >= 11 is 5.91. The fraction of sp³-hybridized carbons (Fsp3) is 0.278. The molecule has 7 heteroatoms. The van der Waals surface area contributed by atoms with E-state index in [2.05, 4.69) is 10.3 Å². The number of hydrogen-bond acceptors (Lipinski definition) is 5. The number of amides is 1. The Hall–Kier alpha value is -2.62. The molecule has 1 fully saturated rings. The van der Waals surface area contributed by atoms with Crippen LogP contribution in [0.3, 0.4) is 0 Å². The zero-order valence-corrected chi connectivity index (χ0v) is 14.1. The molecule has 128 valence electrons. The lowest BCUT2D eigenvalue weighted by atomic mass is 10.2. The molecular formula is C18H16ClN3O3. The summed E-state index contributed by atoms with van der Waals surface area (Å²) < 4.78 is 11.0. The summed E-state index contributed by atoms with van der Waals surface area (Å²) in [5.74, 6) is 0.0597. The molecule has 2 heterocycles. The second kappa shape index (κ2) is 7.97. The summed E-state index contributed by atoms with van der Waals surface area (Å²) in [6, 6.07) is 9.94. The van der Waals surface area contributed by atoms with Crippen molar-refractivity contribution in [3.63, 3.8) is 0 Å². The second-order valence-electron chi connectivity index (χ2n) is 5.59. The lowest BCUT2D eigenvalue weighted by molar-refractivity contribution is 0.0663. The molecule has 3 rings (SSSR count). The number of pyridine rings is 1. The summed E-state index contributed by atoms with van der Waals surface area (Å²) in [4.78, 5) is 16.4. The Balaban J connectivity index is 1.62. The van der Waals surface area contributed by atoms with Crippen molar-refractivity contribution < 1.29 is 14.3 Å². The van der Waals surface area contributed by atoms with E-state index in [1.165, 1.54) is 12.3 Å². The lowest BCUT2D eigenvalue weighted by Gasteiger charge is -2.11. The summed E-state index contributed by atoms with van der Waals surface area (Å²) in [6.07, 6.45) is 3.57. The maximum absolute atomic E-state index is 12.3. The summed E-state index contributed by atoms with van der Waals surface area (Å²) in [6.45, 7) is 1.22. The van der Waals surface area contributed by atoms with Gasteiger partial charge in [-0.25, -0.2) is 4.98 Å². The molecule has 6 nitrogen and oxygen atoms in total. The molecule has 1 aliphatic heterocycles. The first-order valence-corrected chi connectivity index (χ1v) is 8.25. The van der Waals surface area contributed by atoms with Crippen molar-refractivity contribution in [2.24, 2.45) is 0 Å². The SMILES string of the molecule is N#Cc1ccc(Cl)cc1NC(=O)c1ccc(OCC2CCCO2)nc1. The highest BCUT2D eigenvalue weighted by Crippen LogP contribution is 2.21. The van der Waals surface area contributed by atoms with Crippen molar-refractivity contribution in [3.8, 4) is 11.9 Å². The number of carbonyl (C=O) groups excluding carboxylic acids is 1. The van der Waals surface area contributed by atoms with Crippen molar-refractivity contribution in [3.05, 3.63) is 52.7 Å². The maximum atomic E-state index is 12.3. The van der Waals surface area contributed by atoms with Crippen LogP contribution in [0.1, 0.15) is 28.8 Å². The number of carbonyl (C=O) groups is 1. The quantitative estimate of drug-likeness (QED) is 0.886. The molecule has 0 radical (unpaired) electrons. The first kappa shape index (κ1) is 17.2. The normalized spacial score (nSPS) is 16.2. The number of nitriles is 1. The molecule has 2 aromatic rings. The third-order valence-electron chi connectivity index (χ3n) is 3.79. The molecular weight excluding hydrogens is 342 g/mol. The monoisotopic (exact) mass is 357 g/mol. The zero-order valence-electron chi connectivity index (χ0n) is 13.4. The molecule has 1 saturated heterocycles. The number of aromatic nitrogens is 1. The van der Waals surface area contributed by atoms with Crippen LogP contribution in [0.4, 0.5) is 5.69 Å². The van der Waals surface area contributed by atoms with Crippen molar-refractivity contribution in [2.75, 3.05) is 18.5 Å². The predicted molar refractivity (Wildman–Crippen MR) is 92.8 cm³/mol. The molecule has 0 spiro atoms. The fourth-order valence-corrected chi connectivity index (χ4v) is 2.64. The zero-order chi connectivity index (χ0) is 17.6. The van der Waals surface area contributed by atoms with E-state index in [1.807, 2.05) is 6.07 Å². The van der Waals surface area contributed by atoms with E-state index in [-0.39, 0.29) is 12.0 Å². The Labute approximate surface area is 150 Å². The van der Waals surface area contributed by atoms with Gasteiger partial charge < -0.3 is 14.8 Å². The number of nitrogens with zero attached hydrogens (tertiary/aromatic N) is 2. The second-order valence-corrected chi connectivity index (χ2v) is 6.02. The van der Waals surface area contributed by atoms with Gasteiger partial charge in [0.15, 0.2) is 0 Å². The van der Waals surface area contributed by atoms with Crippen molar-refractivity contribution in [1.82, 2.24) is 4.98 Å². The Morgan fingerprint density at radius 2 is 2.32 bits per heavy atom. The van der Waals surface area contributed by atoms with E-state index in [4.69, 9.17) is 26.3 Å². The Morgan fingerprint density at radius 3 is 3.00 bits per heavy atom. The first-order valence-electron chi connectivity index (χ1n) is 7.87. The topological polar surface area (TPSA) is 84.2 Å². The van der Waals surface area contributed by atoms with Crippen LogP contribution < -0.4 is 10.1 Å². The number of ether oxygens (including phenoxy) is 2. The third-order valence-corrected chi connectivity index (χ3v) is 4.02. The first-order chi connectivity index (χ1) is 12.2. The van der Waals surface area contributed by atoms with Crippen LogP contribution in [0.15, 0.2) is 36.5 Å². The number of benzene rings is 1. The maximum Gasteiger partial charge on any atom is 0.257 e. The van der Waals surface area contributed by atoms with Gasteiger partial charge in [-0.15, -0.1) is 0 Å². The molecule has 0 aliphatic carbocycles. The highest BCUT2D eigenvalue weighted by Gasteiger charge is 2.16. The van der Waals surface area contributed by atoms with Crippen LogP contribution in [0.5, 0.6) is 5.88 Å². The minimum absolute atomic E-state index is 0.108. The Morgan fingerprint density at radius 1 is 1.44 bits per heavy atom. The van der Waals surface area contributed by atoms with E-state index in [9.17, 15) is 4.79 Å². The summed E-state index contributed by atoms with van der Waals surface area (Å²) in [5.41, 5.74) is 1.05. The van der Waals surface area contributed by atoms with Gasteiger partial charge in [-0.3, -0.25) is 4.79 Å². The molecule has 1 N–H and O–H groups in total. The highest BCUT2D eigenvalue weighted by molar-refractivity contribution is 6.31. The predicted octanol–water partition coefficient (Wildman–Crippen LogP) is 3.42. The van der Waals surface area contributed by atoms with Gasteiger partial charge >= 0.3 is 0 Å². The van der Waals surface area contributed by atoms with Crippen molar-refractivity contribution in [1.29, 1.82) is 5.26 Å². The lowest BCUT2D eigenvalue weighted by Crippen LogP contribution is -2.17. The molecule has 1 aromatic carbocycles. The van der Waals surface area contributed by atoms with E-state index >= 15 is 0 Å². The van der Waals surface area contributed by atoms with Crippen LogP contribution in [-0.2, 0) is 4.74 Å². The number of rotatable bonds is 5. The average molecular weight is 358 g/mol. The minimum atomic E-state index is -0.378. The standard InChI is InChI=1S/C18H16ClN3O3/c19-14-5-3-12(9-20)16(8-14)22-18(23)13-4-6-17(21-10-13)25-11-15-2-1-7-24-15/h3-6,8,10,15H,1-2,7,11H2,(H,22,23). The molecule has 1 atom stereocenters. The fourth-order valence-electron chi connectivity index (χ4n) is 2.47. The molecule has 1 unspecified atom stereocenters. The van der Waals surface area contributed by atoms with Crippen LogP contribution in [-0.4, -0.2) is 30.2 Å². The number of halogens is 1. The van der Waals surface area contributed by atoms with Gasteiger partial charge in [0.25, 0.3) is 5.91 Å². The molecule has 1 amide bonds. The molecule has 0 saturated carbocycles. The average Bonchev–Trinajstić information content (AvgIpc) is 3.14. The Kier molecular flexibility index (Phi) is 5.49. The van der Waals surface area contributed by atoms with Gasteiger partial charge in [0.2, 0.25) is 5.88 Å². The van der Waals surface area contributed by atoms with Crippen LogP contribution in [0.2, 0.25) is 5.02 Å². The van der Waals surface area contributed by atoms with E-state index < -0.39 is 0 Å². The van der Waals surface area contributed by atoms with Gasteiger partial charge in [0, 0.05) is 23.9 Å². The number of nitrogens with one attached hydrogen (secondary N) is 1. The highest BCUT2D eigenvalue weighted by atomic mass is 35.5. The molecule has 25 heavy (non-hydrogen) atoms. The smallest absolute Gasteiger partial charge is 0.257 e. The third kappa shape index (κ3) is 4.47.